The fourth-order valence-electron chi connectivity index (χ4n) is 1.70. The van der Waals surface area contributed by atoms with E-state index in [1.165, 1.54) is 0 Å². The third-order valence-electron chi connectivity index (χ3n) is 2.51. The van der Waals surface area contributed by atoms with Crippen LogP contribution in [0.25, 0.3) is 0 Å². The van der Waals surface area contributed by atoms with Gasteiger partial charge in [-0.05, 0) is 5.56 Å². The van der Waals surface area contributed by atoms with E-state index >= 15 is 0 Å². The van der Waals surface area contributed by atoms with E-state index in [-0.39, 0.29) is 6.54 Å². The van der Waals surface area contributed by atoms with Crippen molar-refractivity contribution >= 4 is 5.78 Å². The van der Waals surface area contributed by atoms with Crippen molar-refractivity contribution in [3.63, 3.8) is 0 Å². The Morgan fingerprint density at radius 2 is 1.89 bits per heavy atom. The number of aromatic nitrogens is 3. The molecule has 1 aromatic heterocycles. The lowest BCUT2D eigenvalue weighted by Crippen LogP contribution is -2.18. The van der Waals surface area contributed by atoms with Gasteiger partial charge in [0.2, 0.25) is 0 Å². The number of carbonyl (C=O) groups excluding carboxylic acids is 1. The maximum atomic E-state index is 13.0. The van der Waals surface area contributed by atoms with Crippen molar-refractivity contribution in [1.82, 2.24) is 15.0 Å². The van der Waals surface area contributed by atoms with E-state index in [2.05, 4.69) is 10.3 Å². The van der Waals surface area contributed by atoms with Crippen molar-refractivity contribution in [2.75, 3.05) is 0 Å². The molecule has 0 amide bonds. The van der Waals surface area contributed by atoms with E-state index in [0.717, 1.165) is 6.92 Å². The molecule has 0 spiro atoms. The number of halogens is 3. The van der Waals surface area contributed by atoms with Gasteiger partial charge >= 0.3 is 6.18 Å². The van der Waals surface area contributed by atoms with Gasteiger partial charge in [0.05, 0.1) is 6.54 Å². The van der Waals surface area contributed by atoms with Crippen LogP contribution < -0.4 is 0 Å². The second-order valence-electron chi connectivity index (χ2n) is 3.98. The lowest BCUT2D eigenvalue weighted by Gasteiger charge is -2.10. The van der Waals surface area contributed by atoms with Gasteiger partial charge in [-0.15, -0.1) is 5.10 Å². The van der Waals surface area contributed by atoms with Gasteiger partial charge < -0.3 is 0 Å². The molecule has 0 saturated heterocycles. The van der Waals surface area contributed by atoms with Crippen LogP contribution in [0.5, 0.6) is 0 Å². The highest BCUT2D eigenvalue weighted by atomic mass is 19.4. The number of alkyl halides is 3. The third-order valence-corrected chi connectivity index (χ3v) is 2.51. The molecule has 0 aliphatic heterocycles. The van der Waals surface area contributed by atoms with Gasteiger partial charge in [-0.2, -0.15) is 13.2 Å². The number of Topliss-reactive ketones (excluding diaryl/α,β-unsaturated/α-hetero) is 1. The van der Waals surface area contributed by atoms with Crippen LogP contribution in [0.3, 0.4) is 0 Å². The molecule has 2 aromatic rings. The maximum Gasteiger partial charge on any atom is 0.435 e. The molecule has 100 valence electrons. The van der Waals surface area contributed by atoms with E-state index in [9.17, 15) is 18.0 Å². The largest absolute Gasteiger partial charge is 0.435 e. The summed E-state index contributed by atoms with van der Waals surface area (Å²) in [6.45, 7) is 0.947. The lowest BCUT2D eigenvalue weighted by atomic mass is 10.2. The Kier molecular flexibility index (Phi) is 3.37. The molecule has 0 aliphatic carbocycles. The number of nitrogens with zero attached hydrogens (tertiary/aromatic N) is 3. The average molecular weight is 269 g/mol. The highest BCUT2D eigenvalue weighted by Gasteiger charge is 2.40. The highest BCUT2D eigenvalue weighted by Crippen LogP contribution is 2.31. The minimum atomic E-state index is -4.67. The fourth-order valence-corrected chi connectivity index (χ4v) is 1.70. The quantitative estimate of drug-likeness (QED) is 0.804. The highest BCUT2D eigenvalue weighted by molar-refractivity contribution is 5.93. The number of rotatable bonds is 3. The van der Waals surface area contributed by atoms with Gasteiger partial charge in [-0.3, -0.25) is 4.79 Å². The molecule has 0 N–H and O–H groups in total. The van der Waals surface area contributed by atoms with Crippen molar-refractivity contribution in [2.24, 2.45) is 0 Å². The first kappa shape index (κ1) is 13.3. The molecule has 0 radical (unpaired) electrons. The Labute approximate surface area is 106 Å². The van der Waals surface area contributed by atoms with Crippen molar-refractivity contribution in [3.05, 3.63) is 47.3 Å². The lowest BCUT2D eigenvalue weighted by molar-refractivity contribution is -0.144. The second-order valence-corrected chi connectivity index (χ2v) is 3.98. The molecule has 0 aliphatic rings. The molecule has 0 saturated carbocycles. The average Bonchev–Trinajstić information content (AvgIpc) is 2.74. The minimum Gasteiger partial charge on any atom is -0.293 e. The summed E-state index contributed by atoms with van der Waals surface area (Å²) in [5.41, 5.74) is -1.11. The first-order valence-corrected chi connectivity index (χ1v) is 5.45. The summed E-state index contributed by atoms with van der Waals surface area (Å²) >= 11 is 0. The van der Waals surface area contributed by atoms with Crippen LogP contribution >= 0.6 is 0 Å². The summed E-state index contributed by atoms with van der Waals surface area (Å²) in [5, 5.41) is 6.75. The number of carbonyl (C=O) groups is 1. The molecule has 0 bridgehead atoms. The first-order chi connectivity index (χ1) is 8.89. The molecule has 7 heteroatoms. The van der Waals surface area contributed by atoms with Crippen LogP contribution in [0, 0.1) is 0 Å². The molecule has 1 aromatic carbocycles. The van der Waals surface area contributed by atoms with Crippen LogP contribution in [0.2, 0.25) is 0 Å². The fraction of sp³-hybridized carbons (Fsp3) is 0.250. The summed E-state index contributed by atoms with van der Waals surface area (Å²) in [6.07, 6.45) is -4.67. The molecule has 0 atom stereocenters. The van der Waals surface area contributed by atoms with E-state index in [1.807, 2.05) is 0 Å². The Bertz CT molecular complexity index is 590. The van der Waals surface area contributed by atoms with Gasteiger partial charge in [-0.25, -0.2) is 4.68 Å². The van der Waals surface area contributed by atoms with Crippen LogP contribution in [-0.4, -0.2) is 20.8 Å². The van der Waals surface area contributed by atoms with E-state index in [0.29, 0.717) is 10.2 Å². The molecule has 0 fully saturated rings. The summed E-state index contributed by atoms with van der Waals surface area (Å²) in [5.74, 6) is -0.758. The normalized spacial score (nSPS) is 11.6. The third kappa shape index (κ3) is 2.81. The van der Waals surface area contributed by atoms with E-state index in [4.69, 9.17) is 0 Å². The van der Waals surface area contributed by atoms with Crippen LogP contribution in [0.4, 0.5) is 13.2 Å². The van der Waals surface area contributed by atoms with Crippen LogP contribution in [0.15, 0.2) is 30.3 Å². The Morgan fingerprint density at radius 3 is 2.42 bits per heavy atom. The van der Waals surface area contributed by atoms with Crippen molar-refractivity contribution in [2.45, 2.75) is 19.6 Å². The van der Waals surface area contributed by atoms with Crippen molar-refractivity contribution in [1.29, 1.82) is 0 Å². The molecule has 19 heavy (non-hydrogen) atoms. The number of ketones is 1. The van der Waals surface area contributed by atoms with Crippen LogP contribution in [-0.2, 0) is 12.7 Å². The number of hydrogen-bond acceptors (Lipinski definition) is 3. The predicted molar refractivity (Wildman–Crippen MR) is 60.6 cm³/mol. The summed E-state index contributed by atoms with van der Waals surface area (Å²) in [7, 11) is 0. The number of hydrogen-bond donors (Lipinski definition) is 0. The van der Waals surface area contributed by atoms with Gasteiger partial charge in [0.1, 0.15) is 0 Å². The Hall–Kier alpha value is -2.18. The summed E-state index contributed by atoms with van der Waals surface area (Å²) in [6, 6.07) is 8.54. The SMILES string of the molecule is CC(=O)c1nnn(Cc2ccccc2)c1C(F)(F)F. The van der Waals surface area contributed by atoms with Gasteiger partial charge in [0, 0.05) is 6.92 Å². The zero-order valence-electron chi connectivity index (χ0n) is 9.98. The maximum absolute atomic E-state index is 13.0. The molecular weight excluding hydrogens is 259 g/mol. The smallest absolute Gasteiger partial charge is 0.293 e. The zero-order valence-corrected chi connectivity index (χ0v) is 9.98. The first-order valence-electron chi connectivity index (χ1n) is 5.45. The van der Waals surface area contributed by atoms with Crippen LogP contribution in [0.1, 0.15) is 28.7 Å². The minimum absolute atomic E-state index is 0.0873. The molecule has 0 unspecified atom stereocenters. The zero-order chi connectivity index (χ0) is 14.0. The monoisotopic (exact) mass is 269 g/mol. The van der Waals surface area contributed by atoms with Gasteiger partial charge in [-0.1, -0.05) is 35.5 Å². The standard InChI is InChI=1S/C12H10F3N3O/c1-8(19)10-11(12(13,14)15)18(17-16-10)7-9-5-3-2-4-6-9/h2-6H,7H2,1H3. The van der Waals surface area contributed by atoms with E-state index < -0.39 is 23.3 Å². The number of benzene rings is 1. The van der Waals surface area contributed by atoms with Gasteiger partial charge in [0.15, 0.2) is 17.2 Å². The van der Waals surface area contributed by atoms with Gasteiger partial charge in [0.25, 0.3) is 0 Å². The topological polar surface area (TPSA) is 47.8 Å². The Morgan fingerprint density at radius 1 is 1.26 bits per heavy atom. The van der Waals surface area contributed by atoms with Crippen molar-refractivity contribution in [3.8, 4) is 0 Å². The molecule has 4 nitrogen and oxygen atoms in total. The second kappa shape index (κ2) is 4.83. The summed E-state index contributed by atoms with van der Waals surface area (Å²) < 4.78 is 39.6. The van der Waals surface area contributed by atoms with Crippen molar-refractivity contribution < 1.29 is 18.0 Å². The molecular formula is C12H10F3N3O. The Balaban J connectivity index is 2.44. The van der Waals surface area contributed by atoms with E-state index in [1.54, 1.807) is 30.3 Å². The predicted octanol–water partition coefficient (Wildman–Crippen LogP) is 2.55. The molecule has 1 heterocycles. The summed E-state index contributed by atoms with van der Waals surface area (Å²) in [4.78, 5) is 11.2. The molecule has 2 rings (SSSR count).